The van der Waals surface area contributed by atoms with E-state index in [1.165, 1.54) is 10.9 Å². The number of amides is 1. The van der Waals surface area contributed by atoms with Gasteiger partial charge in [0, 0.05) is 18.7 Å². The molecule has 122 valence electrons. The number of aromatic nitrogens is 2. The lowest BCUT2D eigenvalue weighted by Gasteiger charge is -2.06. The van der Waals surface area contributed by atoms with E-state index in [2.05, 4.69) is 26.3 Å². The number of nitrogens with zero attached hydrogens (tertiary/aromatic N) is 2. The van der Waals surface area contributed by atoms with Gasteiger partial charge in [0.1, 0.15) is 12.3 Å². The number of aryl methyl sites for hydroxylation is 1. The van der Waals surface area contributed by atoms with Crippen LogP contribution < -0.4 is 10.1 Å². The van der Waals surface area contributed by atoms with E-state index in [9.17, 15) is 9.59 Å². The Labute approximate surface area is 141 Å². The molecule has 0 aliphatic heterocycles. The molecule has 2 N–H and O–H groups in total. The number of carbonyl (C=O) groups is 2. The molecule has 1 amide bonds. The third-order valence-corrected chi connectivity index (χ3v) is 3.68. The summed E-state index contributed by atoms with van der Waals surface area (Å²) in [6.07, 6.45) is 2.37. The molecule has 0 spiro atoms. The van der Waals surface area contributed by atoms with E-state index in [-0.39, 0.29) is 12.5 Å². The second-order valence-corrected chi connectivity index (χ2v) is 5.66. The van der Waals surface area contributed by atoms with Crippen molar-refractivity contribution in [1.29, 1.82) is 0 Å². The fourth-order valence-electron chi connectivity index (χ4n) is 1.98. The van der Waals surface area contributed by atoms with Crippen LogP contribution in [0.2, 0.25) is 0 Å². The fraction of sp³-hybridized carbons (Fsp3) is 0.267. The van der Waals surface area contributed by atoms with Crippen molar-refractivity contribution in [3.63, 3.8) is 0 Å². The van der Waals surface area contributed by atoms with Gasteiger partial charge in [-0.3, -0.25) is 14.3 Å². The predicted octanol–water partition coefficient (Wildman–Crippen LogP) is 2.31. The molecule has 23 heavy (non-hydrogen) atoms. The van der Waals surface area contributed by atoms with Crippen molar-refractivity contribution in [2.24, 2.45) is 0 Å². The van der Waals surface area contributed by atoms with E-state index in [0.717, 1.165) is 15.8 Å². The van der Waals surface area contributed by atoms with Gasteiger partial charge in [0.2, 0.25) is 5.91 Å². The van der Waals surface area contributed by atoms with Crippen molar-refractivity contribution in [3.05, 3.63) is 40.5 Å². The average molecular weight is 382 g/mol. The third-order valence-electron chi connectivity index (χ3n) is 3.06. The molecule has 0 aliphatic rings. The van der Waals surface area contributed by atoms with Crippen molar-refractivity contribution in [2.45, 2.75) is 19.4 Å². The smallest absolute Gasteiger partial charge is 0.325 e. The SMILES string of the molecule is COc1ccc(CCC(=O)Nc2ccn(CC(=O)O)n2)cc1Br. The van der Waals surface area contributed by atoms with Crippen LogP contribution in [0.25, 0.3) is 0 Å². The number of hydrogen-bond donors (Lipinski definition) is 2. The molecule has 0 unspecified atom stereocenters. The first-order valence-electron chi connectivity index (χ1n) is 6.85. The molecule has 1 aromatic carbocycles. The van der Waals surface area contributed by atoms with Gasteiger partial charge >= 0.3 is 5.97 Å². The molecular weight excluding hydrogens is 366 g/mol. The Morgan fingerprint density at radius 2 is 2.17 bits per heavy atom. The lowest BCUT2D eigenvalue weighted by Crippen LogP contribution is -2.14. The first kappa shape index (κ1) is 17.0. The number of carbonyl (C=O) groups excluding carboxylic acids is 1. The number of rotatable bonds is 7. The molecule has 1 aromatic heterocycles. The van der Waals surface area contributed by atoms with Crippen LogP contribution in [0.3, 0.4) is 0 Å². The summed E-state index contributed by atoms with van der Waals surface area (Å²) < 4.78 is 7.24. The Bertz CT molecular complexity index is 714. The Balaban J connectivity index is 1.86. The topological polar surface area (TPSA) is 93.5 Å². The van der Waals surface area contributed by atoms with E-state index >= 15 is 0 Å². The molecule has 0 saturated carbocycles. The van der Waals surface area contributed by atoms with E-state index in [1.807, 2.05) is 18.2 Å². The maximum Gasteiger partial charge on any atom is 0.325 e. The van der Waals surface area contributed by atoms with Crippen molar-refractivity contribution in [1.82, 2.24) is 9.78 Å². The number of ether oxygens (including phenoxy) is 1. The highest BCUT2D eigenvalue weighted by Crippen LogP contribution is 2.26. The van der Waals surface area contributed by atoms with E-state index in [4.69, 9.17) is 9.84 Å². The highest BCUT2D eigenvalue weighted by atomic mass is 79.9. The molecule has 0 saturated heterocycles. The minimum absolute atomic E-state index is 0.183. The summed E-state index contributed by atoms with van der Waals surface area (Å²) in [7, 11) is 1.59. The summed E-state index contributed by atoms with van der Waals surface area (Å²) >= 11 is 3.40. The number of anilines is 1. The average Bonchev–Trinajstić information content (AvgIpc) is 2.91. The second kappa shape index (κ2) is 7.77. The molecule has 8 heteroatoms. The van der Waals surface area contributed by atoms with Crippen LogP contribution in [0.15, 0.2) is 34.9 Å². The van der Waals surface area contributed by atoms with Crippen molar-refractivity contribution in [3.8, 4) is 5.75 Å². The Morgan fingerprint density at radius 3 is 2.83 bits per heavy atom. The van der Waals surface area contributed by atoms with E-state index < -0.39 is 5.97 Å². The highest BCUT2D eigenvalue weighted by molar-refractivity contribution is 9.10. The zero-order chi connectivity index (χ0) is 16.8. The van der Waals surface area contributed by atoms with Gasteiger partial charge in [-0.05, 0) is 40.0 Å². The van der Waals surface area contributed by atoms with Crippen LogP contribution in [0.1, 0.15) is 12.0 Å². The summed E-state index contributed by atoms with van der Waals surface area (Å²) in [5, 5.41) is 15.3. The lowest BCUT2D eigenvalue weighted by molar-refractivity contribution is -0.137. The molecular formula is C15H16BrN3O4. The largest absolute Gasteiger partial charge is 0.496 e. The molecule has 2 rings (SSSR count). The maximum atomic E-state index is 11.9. The summed E-state index contributed by atoms with van der Waals surface area (Å²) in [6.45, 7) is -0.240. The summed E-state index contributed by atoms with van der Waals surface area (Å²) in [5.41, 5.74) is 1.00. The molecule has 1 heterocycles. The third kappa shape index (κ3) is 5.10. The Kier molecular flexibility index (Phi) is 5.75. The Hall–Kier alpha value is -2.35. The minimum Gasteiger partial charge on any atom is -0.496 e. The number of methoxy groups -OCH3 is 1. The van der Waals surface area contributed by atoms with Crippen LogP contribution in [-0.2, 0) is 22.6 Å². The summed E-state index contributed by atoms with van der Waals surface area (Å²) in [5.74, 6) is -0.0945. The van der Waals surface area contributed by atoms with Crippen LogP contribution >= 0.6 is 15.9 Å². The van der Waals surface area contributed by atoms with Gasteiger partial charge in [0.05, 0.1) is 11.6 Å². The van der Waals surface area contributed by atoms with E-state index in [1.54, 1.807) is 13.2 Å². The number of aliphatic carboxylic acids is 1. The molecule has 0 bridgehead atoms. The van der Waals surface area contributed by atoms with Gasteiger partial charge in [-0.15, -0.1) is 0 Å². The molecule has 0 radical (unpaired) electrons. The quantitative estimate of drug-likeness (QED) is 0.767. The summed E-state index contributed by atoms with van der Waals surface area (Å²) in [4.78, 5) is 22.5. The van der Waals surface area contributed by atoms with Crippen LogP contribution in [-0.4, -0.2) is 33.9 Å². The van der Waals surface area contributed by atoms with Crippen LogP contribution in [0, 0.1) is 0 Å². The first-order valence-corrected chi connectivity index (χ1v) is 7.64. The van der Waals surface area contributed by atoms with Crippen molar-refractivity contribution >= 4 is 33.6 Å². The number of benzene rings is 1. The number of carboxylic acids is 1. The first-order chi connectivity index (χ1) is 11.0. The molecule has 0 atom stereocenters. The maximum absolute atomic E-state index is 11.9. The predicted molar refractivity (Wildman–Crippen MR) is 87.5 cm³/mol. The van der Waals surface area contributed by atoms with Gasteiger partial charge in [-0.25, -0.2) is 0 Å². The molecule has 2 aromatic rings. The number of hydrogen-bond acceptors (Lipinski definition) is 4. The number of halogens is 1. The van der Waals surface area contributed by atoms with E-state index in [0.29, 0.717) is 18.7 Å². The standard InChI is InChI=1S/C15H16BrN3O4/c1-23-12-4-2-10(8-11(12)16)3-5-14(20)17-13-6-7-19(18-13)9-15(21)22/h2,4,6-8H,3,5,9H2,1H3,(H,21,22)(H,17,18,20). The summed E-state index contributed by atoms with van der Waals surface area (Å²) in [6, 6.07) is 7.21. The molecule has 0 fully saturated rings. The van der Waals surface area contributed by atoms with Gasteiger partial charge in [-0.2, -0.15) is 5.10 Å². The molecule has 0 aliphatic carbocycles. The van der Waals surface area contributed by atoms with Crippen LogP contribution in [0.4, 0.5) is 5.82 Å². The van der Waals surface area contributed by atoms with Gasteiger partial charge < -0.3 is 15.2 Å². The monoisotopic (exact) mass is 381 g/mol. The van der Waals surface area contributed by atoms with Crippen LogP contribution in [0.5, 0.6) is 5.75 Å². The minimum atomic E-state index is -0.990. The second-order valence-electron chi connectivity index (χ2n) is 4.81. The zero-order valence-corrected chi connectivity index (χ0v) is 14.0. The molecule has 7 nitrogen and oxygen atoms in total. The fourth-order valence-corrected chi connectivity index (χ4v) is 2.57. The Morgan fingerprint density at radius 1 is 1.39 bits per heavy atom. The van der Waals surface area contributed by atoms with Gasteiger partial charge in [-0.1, -0.05) is 6.07 Å². The lowest BCUT2D eigenvalue weighted by atomic mass is 10.1. The zero-order valence-electron chi connectivity index (χ0n) is 12.5. The van der Waals surface area contributed by atoms with Crippen molar-refractivity contribution < 1.29 is 19.4 Å². The normalized spacial score (nSPS) is 10.3. The van der Waals surface area contributed by atoms with Gasteiger partial charge in [0.25, 0.3) is 0 Å². The number of nitrogens with one attached hydrogen (secondary N) is 1. The highest BCUT2D eigenvalue weighted by Gasteiger charge is 2.08. The van der Waals surface area contributed by atoms with Crippen molar-refractivity contribution in [2.75, 3.05) is 12.4 Å². The van der Waals surface area contributed by atoms with Gasteiger partial charge in [0.15, 0.2) is 5.82 Å². The number of carboxylic acid groups (broad SMARTS) is 1.